The molecule has 0 unspecified atom stereocenters. The summed E-state index contributed by atoms with van der Waals surface area (Å²) >= 11 is 0. The van der Waals surface area contributed by atoms with Crippen LogP contribution < -0.4 is 0 Å². The number of ketones is 1. The minimum Gasteiger partial charge on any atom is -0.442 e. The molecule has 2 heterocycles. The molecule has 2 aromatic heterocycles. The van der Waals surface area contributed by atoms with E-state index in [9.17, 15) is 4.79 Å². The molecule has 0 saturated carbocycles. The van der Waals surface area contributed by atoms with Crippen LogP contribution in [0.1, 0.15) is 31.3 Å². The topological polar surface area (TPSA) is 56.0 Å². The lowest BCUT2D eigenvalue weighted by Crippen LogP contribution is -2.21. The van der Waals surface area contributed by atoms with Gasteiger partial charge in [-0.1, -0.05) is 20.8 Å². The maximum absolute atomic E-state index is 11.9. The maximum Gasteiger partial charge on any atom is 0.199 e. The van der Waals surface area contributed by atoms with Gasteiger partial charge in [-0.15, -0.1) is 0 Å². The van der Waals surface area contributed by atoms with Gasteiger partial charge in [-0.25, -0.2) is 4.98 Å². The highest BCUT2D eigenvalue weighted by atomic mass is 16.3. The van der Waals surface area contributed by atoms with E-state index < -0.39 is 5.41 Å². The van der Waals surface area contributed by atoms with E-state index in [4.69, 9.17) is 4.42 Å². The minimum atomic E-state index is -0.426. The van der Waals surface area contributed by atoms with Crippen molar-refractivity contribution >= 4 is 17.0 Å². The van der Waals surface area contributed by atoms with Crippen LogP contribution in [0.25, 0.3) is 11.2 Å². The van der Waals surface area contributed by atoms with Crippen LogP contribution in [0.4, 0.5) is 0 Å². The van der Waals surface area contributed by atoms with Gasteiger partial charge in [0.05, 0.1) is 0 Å². The van der Waals surface area contributed by atoms with Crippen LogP contribution in [0.15, 0.2) is 22.9 Å². The number of carbonyl (C=O) groups is 1. The first kappa shape index (κ1) is 9.83. The first-order valence-corrected chi connectivity index (χ1v) is 4.73. The zero-order valence-corrected chi connectivity index (χ0v) is 8.94. The van der Waals surface area contributed by atoms with Crippen molar-refractivity contribution in [3.8, 4) is 0 Å². The van der Waals surface area contributed by atoms with E-state index in [-0.39, 0.29) is 5.78 Å². The van der Waals surface area contributed by atoms with E-state index in [1.807, 2.05) is 20.8 Å². The number of oxazole rings is 1. The summed E-state index contributed by atoms with van der Waals surface area (Å²) in [6.07, 6.45) is 1.32. The van der Waals surface area contributed by atoms with Gasteiger partial charge in [0.15, 0.2) is 23.4 Å². The summed E-state index contributed by atoms with van der Waals surface area (Å²) in [6, 6.07) is 3.38. The van der Waals surface area contributed by atoms with E-state index in [2.05, 4.69) is 9.97 Å². The molecule has 0 N–H and O–H groups in total. The molecule has 0 amide bonds. The number of Topliss-reactive ketones (excluding diaryl/α,β-unsaturated/α-hetero) is 1. The Kier molecular flexibility index (Phi) is 2.07. The van der Waals surface area contributed by atoms with E-state index in [0.717, 1.165) is 0 Å². The summed E-state index contributed by atoms with van der Waals surface area (Å²) in [5.41, 5.74) is 1.08. The van der Waals surface area contributed by atoms with Crippen LogP contribution in [0.5, 0.6) is 0 Å². The van der Waals surface area contributed by atoms with Crippen molar-refractivity contribution in [1.82, 2.24) is 9.97 Å². The Bertz CT molecular complexity index is 509. The zero-order chi connectivity index (χ0) is 11.1. The number of fused-ring (bicyclic) bond motifs is 1. The Morgan fingerprint density at radius 2 is 2.07 bits per heavy atom. The van der Waals surface area contributed by atoms with Crippen molar-refractivity contribution in [3.05, 3.63) is 24.2 Å². The fourth-order valence-corrected chi connectivity index (χ4v) is 1.26. The fraction of sp³-hybridized carbons (Fsp3) is 0.364. The number of rotatable bonds is 1. The van der Waals surface area contributed by atoms with Gasteiger partial charge < -0.3 is 4.42 Å². The molecule has 0 aliphatic rings. The second kappa shape index (κ2) is 3.15. The third-order valence-corrected chi connectivity index (χ3v) is 2.11. The number of aromatic nitrogens is 2. The Morgan fingerprint density at radius 1 is 1.33 bits per heavy atom. The number of hydrogen-bond donors (Lipinski definition) is 0. The molecule has 0 aliphatic heterocycles. The Morgan fingerprint density at radius 3 is 2.73 bits per heavy atom. The molecule has 0 atom stereocenters. The molecule has 0 aliphatic carbocycles. The molecule has 2 aromatic rings. The molecule has 4 nitrogen and oxygen atoms in total. The summed E-state index contributed by atoms with van der Waals surface area (Å²) in [4.78, 5) is 20.0. The molecule has 2 rings (SSSR count). The molecule has 0 aromatic carbocycles. The van der Waals surface area contributed by atoms with Crippen LogP contribution in [-0.2, 0) is 0 Å². The van der Waals surface area contributed by atoms with Crippen LogP contribution >= 0.6 is 0 Å². The number of hydrogen-bond acceptors (Lipinski definition) is 4. The number of nitrogens with zero attached hydrogens (tertiary/aromatic N) is 2. The smallest absolute Gasteiger partial charge is 0.199 e. The standard InChI is InChI=1S/C11H12N2O2/c1-11(2,3)9(14)7-4-5-8-10(13-7)12-6-15-8/h4-6H,1-3H3. The molecule has 78 valence electrons. The van der Waals surface area contributed by atoms with Crippen LogP contribution in [0, 0.1) is 5.41 Å². The second-order valence-electron chi connectivity index (χ2n) is 4.45. The largest absolute Gasteiger partial charge is 0.442 e. The number of carbonyl (C=O) groups excluding carboxylic acids is 1. The summed E-state index contributed by atoms with van der Waals surface area (Å²) in [6.45, 7) is 5.60. The lowest BCUT2D eigenvalue weighted by atomic mass is 9.89. The van der Waals surface area contributed by atoms with Gasteiger partial charge in [0.2, 0.25) is 0 Å². The Hall–Kier alpha value is -1.71. The summed E-state index contributed by atoms with van der Waals surface area (Å²) in [5, 5.41) is 0. The summed E-state index contributed by atoms with van der Waals surface area (Å²) < 4.78 is 5.05. The van der Waals surface area contributed by atoms with Gasteiger partial charge in [-0.3, -0.25) is 4.79 Å². The molecular weight excluding hydrogens is 192 g/mol. The fourth-order valence-electron chi connectivity index (χ4n) is 1.26. The lowest BCUT2D eigenvalue weighted by molar-refractivity contribution is 0.0853. The quantitative estimate of drug-likeness (QED) is 0.669. The Labute approximate surface area is 87.3 Å². The third kappa shape index (κ3) is 1.75. The Balaban J connectivity index is 2.49. The van der Waals surface area contributed by atoms with E-state index in [1.165, 1.54) is 6.39 Å². The van der Waals surface area contributed by atoms with E-state index >= 15 is 0 Å². The maximum atomic E-state index is 11.9. The molecular formula is C11H12N2O2. The summed E-state index contributed by atoms with van der Waals surface area (Å²) in [5.74, 6) is 0.00685. The SMILES string of the molecule is CC(C)(C)C(=O)c1ccc2ocnc2n1. The van der Waals surface area contributed by atoms with Crippen molar-refractivity contribution in [2.75, 3.05) is 0 Å². The van der Waals surface area contributed by atoms with Crippen molar-refractivity contribution in [1.29, 1.82) is 0 Å². The van der Waals surface area contributed by atoms with Gasteiger partial charge in [0, 0.05) is 5.41 Å². The molecule has 0 spiro atoms. The van der Waals surface area contributed by atoms with Gasteiger partial charge in [-0.05, 0) is 12.1 Å². The molecule has 0 bridgehead atoms. The van der Waals surface area contributed by atoms with Crippen molar-refractivity contribution < 1.29 is 9.21 Å². The van der Waals surface area contributed by atoms with Crippen LogP contribution in [-0.4, -0.2) is 15.8 Å². The van der Waals surface area contributed by atoms with Gasteiger partial charge >= 0.3 is 0 Å². The number of pyridine rings is 1. The predicted molar refractivity (Wildman–Crippen MR) is 55.6 cm³/mol. The average Bonchev–Trinajstić information content (AvgIpc) is 2.61. The van der Waals surface area contributed by atoms with Crippen molar-refractivity contribution in [2.24, 2.45) is 5.41 Å². The molecule has 4 heteroatoms. The average molecular weight is 204 g/mol. The molecule has 0 radical (unpaired) electrons. The first-order valence-electron chi connectivity index (χ1n) is 4.73. The zero-order valence-electron chi connectivity index (χ0n) is 8.94. The molecule has 15 heavy (non-hydrogen) atoms. The van der Waals surface area contributed by atoms with Crippen molar-refractivity contribution in [3.63, 3.8) is 0 Å². The normalized spacial score (nSPS) is 11.9. The molecule has 0 fully saturated rings. The first-order chi connectivity index (χ1) is 6.98. The summed E-state index contributed by atoms with van der Waals surface area (Å²) in [7, 11) is 0. The van der Waals surface area contributed by atoms with Gasteiger partial charge in [0.1, 0.15) is 5.69 Å². The predicted octanol–water partition coefficient (Wildman–Crippen LogP) is 2.45. The highest BCUT2D eigenvalue weighted by Crippen LogP contribution is 2.20. The highest BCUT2D eigenvalue weighted by Gasteiger charge is 2.24. The van der Waals surface area contributed by atoms with Gasteiger partial charge in [0.25, 0.3) is 0 Å². The third-order valence-electron chi connectivity index (χ3n) is 2.11. The van der Waals surface area contributed by atoms with Gasteiger partial charge in [-0.2, -0.15) is 4.98 Å². The van der Waals surface area contributed by atoms with Crippen molar-refractivity contribution in [2.45, 2.75) is 20.8 Å². The van der Waals surface area contributed by atoms with E-state index in [1.54, 1.807) is 12.1 Å². The second-order valence-corrected chi connectivity index (χ2v) is 4.45. The van der Waals surface area contributed by atoms with Crippen LogP contribution in [0.2, 0.25) is 0 Å². The lowest BCUT2D eigenvalue weighted by Gasteiger charge is -2.15. The van der Waals surface area contributed by atoms with E-state index in [0.29, 0.717) is 16.9 Å². The minimum absolute atomic E-state index is 0.00685. The van der Waals surface area contributed by atoms with Crippen LogP contribution in [0.3, 0.4) is 0 Å². The molecule has 0 saturated heterocycles. The highest BCUT2D eigenvalue weighted by molar-refractivity contribution is 5.99. The monoisotopic (exact) mass is 204 g/mol.